The molecule has 4 aromatic rings. The quantitative estimate of drug-likeness (QED) is 0.365. The minimum absolute atomic E-state index is 0.0675. The largest absolute Gasteiger partial charge is 0.416 e. The fourth-order valence-electron chi connectivity index (χ4n) is 3.28. The number of benzene rings is 2. The van der Waals surface area contributed by atoms with Crippen molar-refractivity contribution in [2.75, 3.05) is 0 Å². The van der Waals surface area contributed by atoms with Crippen molar-refractivity contribution in [3.8, 4) is 22.6 Å². The first-order valence-electron chi connectivity index (χ1n) is 9.98. The lowest BCUT2D eigenvalue weighted by Crippen LogP contribution is -2.37. The van der Waals surface area contributed by atoms with Crippen LogP contribution >= 0.6 is 34.8 Å². The lowest BCUT2D eigenvalue weighted by molar-refractivity contribution is -0.207. The van der Waals surface area contributed by atoms with Crippen LogP contribution in [0.4, 0.5) is 13.2 Å². The maximum absolute atomic E-state index is 13.0. The molecule has 13 heteroatoms. The molecular weight excluding hydrogens is 530 g/mol. The summed E-state index contributed by atoms with van der Waals surface area (Å²) < 4.78 is 40.8. The average molecular weight is 545 g/mol. The van der Waals surface area contributed by atoms with Crippen molar-refractivity contribution >= 4 is 34.8 Å². The summed E-state index contributed by atoms with van der Waals surface area (Å²) in [6.07, 6.45) is -6.42. The Morgan fingerprint density at radius 2 is 1.74 bits per heavy atom. The summed E-state index contributed by atoms with van der Waals surface area (Å²) in [5, 5.41) is 14.8. The first kappa shape index (κ1) is 25.2. The van der Waals surface area contributed by atoms with Gasteiger partial charge in [-0.2, -0.15) is 13.2 Å². The molecule has 0 fully saturated rings. The van der Waals surface area contributed by atoms with E-state index in [0.717, 1.165) is 9.25 Å². The van der Waals surface area contributed by atoms with E-state index in [1.165, 1.54) is 30.6 Å². The van der Waals surface area contributed by atoms with Gasteiger partial charge in [-0.25, -0.2) is 19.4 Å². The molecule has 2 aromatic heterocycles. The Morgan fingerprint density at radius 3 is 2.43 bits per heavy atom. The molecule has 0 aliphatic heterocycles. The summed E-state index contributed by atoms with van der Waals surface area (Å²) in [6, 6.07) is 12.6. The summed E-state index contributed by atoms with van der Waals surface area (Å²) in [7, 11) is 0. The van der Waals surface area contributed by atoms with E-state index in [1.807, 2.05) is 0 Å². The highest BCUT2D eigenvalue weighted by molar-refractivity contribution is 6.43. The molecule has 182 valence electrons. The third kappa shape index (κ3) is 5.51. The van der Waals surface area contributed by atoms with Gasteiger partial charge in [-0.3, -0.25) is 4.57 Å². The first-order valence-corrected chi connectivity index (χ1v) is 11.1. The fourth-order valence-corrected chi connectivity index (χ4v) is 3.81. The van der Waals surface area contributed by atoms with Gasteiger partial charge in [0.1, 0.15) is 6.33 Å². The van der Waals surface area contributed by atoms with E-state index in [9.17, 15) is 23.1 Å². The second kappa shape index (κ2) is 9.98. The topological polar surface area (TPSA) is 85.8 Å². The van der Waals surface area contributed by atoms with Crippen molar-refractivity contribution in [1.29, 1.82) is 0 Å². The maximum Gasteiger partial charge on any atom is 0.416 e. The minimum Gasteiger partial charge on any atom is -0.382 e. The average Bonchev–Trinajstić information content (AvgIpc) is 3.11. The summed E-state index contributed by atoms with van der Waals surface area (Å²) in [5.74, 6) is -0.0675. The van der Waals surface area contributed by atoms with Crippen LogP contribution in [0.5, 0.6) is 0 Å². The number of hydrogen-bond acceptors (Lipinski definition) is 5. The van der Waals surface area contributed by atoms with Gasteiger partial charge in [0.05, 0.1) is 34.5 Å². The van der Waals surface area contributed by atoms with Crippen LogP contribution in [0.15, 0.2) is 59.7 Å². The minimum atomic E-state index is -4.92. The highest BCUT2D eigenvalue weighted by atomic mass is 35.5. The van der Waals surface area contributed by atoms with E-state index < -0.39 is 24.5 Å². The number of aliphatic hydroxyl groups is 1. The lowest BCUT2D eigenvalue weighted by Gasteiger charge is -2.15. The van der Waals surface area contributed by atoms with Gasteiger partial charge >= 0.3 is 11.9 Å². The Hall–Kier alpha value is -2.92. The Labute approximate surface area is 211 Å². The molecule has 0 bridgehead atoms. The molecule has 1 N–H and O–H groups in total. The van der Waals surface area contributed by atoms with Gasteiger partial charge in [-0.05, 0) is 36.4 Å². The predicted octanol–water partition coefficient (Wildman–Crippen LogP) is 5.10. The van der Waals surface area contributed by atoms with E-state index in [2.05, 4.69) is 15.1 Å². The summed E-state index contributed by atoms with van der Waals surface area (Å²) >= 11 is 18.2. The zero-order valence-corrected chi connectivity index (χ0v) is 19.8. The molecule has 0 radical (unpaired) electrons. The Bertz CT molecular complexity index is 1420. The van der Waals surface area contributed by atoms with Gasteiger partial charge in [0.25, 0.3) is 0 Å². The molecule has 0 saturated carbocycles. The lowest BCUT2D eigenvalue weighted by atomic mass is 10.1. The highest BCUT2D eigenvalue weighted by Gasteiger charge is 2.39. The normalized spacial score (nSPS) is 12.7. The van der Waals surface area contributed by atoms with Gasteiger partial charge < -0.3 is 5.11 Å². The Kier molecular flexibility index (Phi) is 7.18. The van der Waals surface area contributed by atoms with E-state index >= 15 is 0 Å². The van der Waals surface area contributed by atoms with Crippen LogP contribution < -0.4 is 5.69 Å². The van der Waals surface area contributed by atoms with Gasteiger partial charge in [0.2, 0.25) is 0 Å². The van der Waals surface area contributed by atoms with Crippen LogP contribution in [0, 0.1) is 0 Å². The van der Waals surface area contributed by atoms with Gasteiger partial charge in [0, 0.05) is 16.1 Å². The van der Waals surface area contributed by atoms with E-state index in [0.29, 0.717) is 32.6 Å². The van der Waals surface area contributed by atoms with Gasteiger partial charge in [-0.15, -0.1) is 5.10 Å². The van der Waals surface area contributed by atoms with Gasteiger partial charge in [-0.1, -0.05) is 46.9 Å². The Morgan fingerprint density at radius 1 is 1.03 bits per heavy atom. The van der Waals surface area contributed by atoms with Gasteiger partial charge in [0.15, 0.2) is 11.9 Å². The molecule has 4 rings (SSSR count). The molecule has 0 amide bonds. The SMILES string of the molecule is O=c1n(Cc2cc(-c3cccc(Cl)c3Cl)ncn2)nc(-c2ccc(Cl)cc2)n1CC(O)C(F)(F)F. The van der Waals surface area contributed by atoms with Crippen molar-refractivity contribution < 1.29 is 18.3 Å². The third-order valence-corrected chi connectivity index (χ3v) is 6.09. The smallest absolute Gasteiger partial charge is 0.382 e. The maximum atomic E-state index is 13.0. The number of alkyl halides is 3. The monoisotopic (exact) mass is 543 g/mol. The number of nitrogens with zero attached hydrogens (tertiary/aromatic N) is 5. The third-order valence-electron chi connectivity index (χ3n) is 5.02. The van der Waals surface area contributed by atoms with Crippen molar-refractivity contribution in [2.24, 2.45) is 0 Å². The van der Waals surface area contributed by atoms with Crippen molar-refractivity contribution in [2.45, 2.75) is 25.4 Å². The molecule has 0 spiro atoms. The van der Waals surface area contributed by atoms with E-state index in [1.54, 1.807) is 24.3 Å². The second-order valence-corrected chi connectivity index (χ2v) is 8.66. The fraction of sp³-hybridized carbons (Fsp3) is 0.182. The molecule has 2 aromatic carbocycles. The number of aromatic nitrogens is 5. The molecule has 2 heterocycles. The summed E-state index contributed by atoms with van der Waals surface area (Å²) in [5.41, 5.74) is 0.793. The van der Waals surface area contributed by atoms with Crippen molar-refractivity contribution in [1.82, 2.24) is 24.3 Å². The second-order valence-electron chi connectivity index (χ2n) is 7.43. The zero-order valence-electron chi connectivity index (χ0n) is 17.5. The molecular formula is C22H15Cl3F3N5O2. The van der Waals surface area contributed by atoms with Crippen molar-refractivity contribution in [3.63, 3.8) is 0 Å². The number of aliphatic hydroxyl groups excluding tert-OH is 1. The van der Waals surface area contributed by atoms with Crippen LogP contribution in [0.25, 0.3) is 22.6 Å². The van der Waals surface area contributed by atoms with E-state index in [4.69, 9.17) is 34.8 Å². The van der Waals surface area contributed by atoms with E-state index in [-0.39, 0.29) is 17.4 Å². The Balaban J connectivity index is 1.74. The molecule has 35 heavy (non-hydrogen) atoms. The zero-order chi connectivity index (χ0) is 25.3. The van der Waals surface area contributed by atoms with Crippen LogP contribution in [-0.4, -0.2) is 41.7 Å². The summed E-state index contributed by atoms with van der Waals surface area (Å²) in [4.78, 5) is 21.3. The molecule has 0 aliphatic rings. The van der Waals surface area contributed by atoms with Crippen LogP contribution in [-0.2, 0) is 13.1 Å². The summed E-state index contributed by atoms with van der Waals surface area (Å²) in [6.45, 7) is -1.21. The highest BCUT2D eigenvalue weighted by Crippen LogP contribution is 2.32. The molecule has 1 atom stereocenters. The number of hydrogen-bond donors (Lipinski definition) is 1. The number of rotatable bonds is 6. The first-order chi connectivity index (χ1) is 16.5. The van der Waals surface area contributed by atoms with Crippen LogP contribution in [0.3, 0.4) is 0 Å². The molecule has 0 aliphatic carbocycles. The molecule has 0 saturated heterocycles. The van der Waals surface area contributed by atoms with Crippen LogP contribution in [0.1, 0.15) is 5.69 Å². The predicted molar refractivity (Wildman–Crippen MR) is 126 cm³/mol. The molecule has 7 nitrogen and oxygen atoms in total. The number of halogens is 6. The van der Waals surface area contributed by atoms with Crippen molar-refractivity contribution in [3.05, 3.63) is 86.1 Å². The van der Waals surface area contributed by atoms with Crippen LogP contribution in [0.2, 0.25) is 15.1 Å². The standard InChI is InChI=1S/C22H15Cl3F3N5O2/c23-13-6-4-12(5-7-13)20-31-33(21(35)32(20)10-18(34)22(26,27)28)9-14-8-17(30-11-29-14)15-2-1-3-16(24)19(15)25/h1-8,11,18,34H,9-10H2. The molecule has 1 unspecified atom stereocenters.